The molecule has 0 aromatic carbocycles. The second kappa shape index (κ2) is 9.02. The summed E-state index contributed by atoms with van der Waals surface area (Å²) in [5.41, 5.74) is -2.25. The van der Waals surface area contributed by atoms with Gasteiger partial charge in [0.15, 0.2) is 0 Å². The van der Waals surface area contributed by atoms with Gasteiger partial charge in [0.1, 0.15) is 16.6 Å². The van der Waals surface area contributed by atoms with Gasteiger partial charge in [-0.3, -0.25) is 19.2 Å². The smallest absolute Gasteiger partial charge is 0.316 e. The Labute approximate surface area is 279 Å². The number of ether oxygens (including phenoxy) is 2. The molecule has 8 aliphatic carbocycles. The third-order valence-electron chi connectivity index (χ3n) is 16.5. The average molecular weight is 663 g/mol. The number of carboxylic acids is 2. The van der Waals surface area contributed by atoms with Crippen LogP contribution in [0.15, 0.2) is 36.5 Å². The highest BCUT2D eigenvalue weighted by atomic mass is 16.6. The standard InChI is InChI=1S/C19H24O5.C19H22O5/c2*1-9-7-18-8-10(9)3-4-11(18)19-6-5-12(20)17(2,16(23)24-19)14(19)13(18)15(21)22/h10-14,20H,1,3-8H2,2H3,(H,21,22);5-6,10-14,20H,1,3-4,7-8H2,2H3,(H,21,22)/t2*10?,11-,12+,13-,14-,17-,18+,19-/m11/s1. The minimum Gasteiger partial charge on any atom is -0.481 e. The molecule has 2 heterocycles. The summed E-state index contributed by atoms with van der Waals surface area (Å²) in [6, 6.07) is 0. The van der Waals surface area contributed by atoms with Crippen LogP contribution in [0, 0.1) is 69.0 Å². The van der Waals surface area contributed by atoms with Gasteiger partial charge < -0.3 is 29.9 Å². The molecule has 258 valence electrons. The van der Waals surface area contributed by atoms with Crippen LogP contribution in [0.25, 0.3) is 0 Å². The molecule has 7 saturated carbocycles. The molecular weight excluding hydrogens is 616 g/mol. The van der Waals surface area contributed by atoms with E-state index in [0.29, 0.717) is 31.1 Å². The predicted molar refractivity (Wildman–Crippen MR) is 168 cm³/mol. The monoisotopic (exact) mass is 662 g/mol. The first-order valence-electron chi connectivity index (χ1n) is 17.9. The van der Waals surface area contributed by atoms with Crippen LogP contribution in [0.5, 0.6) is 0 Å². The summed E-state index contributed by atoms with van der Waals surface area (Å²) in [5, 5.41) is 41.4. The minimum absolute atomic E-state index is 0.00104. The van der Waals surface area contributed by atoms with E-state index in [1.54, 1.807) is 19.9 Å². The molecule has 10 rings (SSSR count). The van der Waals surface area contributed by atoms with E-state index in [1.165, 1.54) is 5.57 Å². The van der Waals surface area contributed by atoms with Crippen LogP contribution in [0.4, 0.5) is 0 Å². The fourth-order valence-electron chi connectivity index (χ4n) is 14.8. The molecule has 0 amide bonds. The molecule has 4 N–H and O–H groups in total. The topological polar surface area (TPSA) is 168 Å². The van der Waals surface area contributed by atoms with Gasteiger partial charge in [-0.25, -0.2) is 0 Å². The maximum absolute atomic E-state index is 12.7. The predicted octanol–water partition coefficient (Wildman–Crippen LogP) is 4.05. The number of carbonyl (C=O) groups is 4. The molecule has 2 aliphatic heterocycles. The minimum atomic E-state index is -1.18. The molecular formula is C38H46O10. The highest BCUT2D eigenvalue weighted by molar-refractivity contribution is 5.87. The van der Waals surface area contributed by atoms with Gasteiger partial charge in [0.25, 0.3) is 0 Å². The quantitative estimate of drug-likeness (QED) is 0.250. The van der Waals surface area contributed by atoms with Gasteiger partial charge in [0.05, 0.1) is 29.5 Å². The number of esters is 2. The van der Waals surface area contributed by atoms with Crippen molar-refractivity contribution in [1.29, 1.82) is 0 Å². The van der Waals surface area contributed by atoms with Crippen LogP contribution >= 0.6 is 0 Å². The Bertz CT molecular complexity index is 1650. The highest BCUT2D eigenvalue weighted by Gasteiger charge is 2.84. The summed E-state index contributed by atoms with van der Waals surface area (Å²) in [4.78, 5) is 50.2. The molecule has 2 saturated heterocycles. The number of aliphatic hydroxyl groups excluding tert-OH is 2. The number of rotatable bonds is 2. The van der Waals surface area contributed by atoms with Crippen LogP contribution < -0.4 is 0 Å². The summed E-state index contributed by atoms with van der Waals surface area (Å²) < 4.78 is 11.9. The molecule has 0 aromatic heterocycles. The lowest BCUT2D eigenvalue weighted by molar-refractivity contribution is -0.163. The van der Waals surface area contributed by atoms with E-state index in [9.17, 15) is 39.6 Å². The van der Waals surface area contributed by atoms with Crippen molar-refractivity contribution in [3.05, 3.63) is 36.5 Å². The van der Waals surface area contributed by atoms with Crippen molar-refractivity contribution in [2.24, 2.45) is 69.0 Å². The maximum atomic E-state index is 12.7. The number of carboxylic acid groups (broad SMARTS) is 2. The lowest BCUT2D eigenvalue weighted by Crippen LogP contribution is -2.53. The van der Waals surface area contributed by atoms with Crippen LogP contribution in [-0.2, 0) is 28.7 Å². The molecule has 10 heteroatoms. The van der Waals surface area contributed by atoms with E-state index in [-0.39, 0.29) is 17.3 Å². The summed E-state index contributed by atoms with van der Waals surface area (Å²) in [6.07, 6.45) is 9.64. The zero-order valence-electron chi connectivity index (χ0n) is 27.7. The summed E-state index contributed by atoms with van der Waals surface area (Å²) >= 11 is 0. The molecule has 0 aromatic rings. The van der Waals surface area contributed by atoms with Crippen LogP contribution in [0.2, 0.25) is 0 Å². The fourth-order valence-corrected chi connectivity index (χ4v) is 14.8. The van der Waals surface area contributed by atoms with Crippen molar-refractivity contribution in [1.82, 2.24) is 0 Å². The summed E-state index contributed by atoms with van der Waals surface area (Å²) in [6.45, 7) is 11.8. The van der Waals surface area contributed by atoms with Crippen LogP contribution in [0.1, 0.15) is 78.1 Å². The Morgan fingerprint density at radius 3 is 1.92 bits per heavy atom. The van der Waals surface area contributed by atoms with Gasteiger partial charge in [-0.1, -0.05) is 30.4 Å². The molecule has 16 atom stereocenters. The second-order valence-electron chi connectivity index (χ2n) is 17.8. The number of hydrogen-bond donors (Lipinski definition) is 4. The van der Waals surface area contributed by atoms with Crippen molar-refractivity contribution in [3.8, 4) is 0 Å². The largest absolute Gasteiger partial charge is 0.481 e. The van der Waals surface area contributed by atoms with Gasteiger partial charge in [-0.15, -0.1) is 0 Å². The zero-order chi connectivity index (χ0) is 34.1. The zero-order valence-corrected chi connectivity index (χ0v) is 27.7. The molecule has 0 radical (unpaired) electrons. The number of fused-ring (bicyclic) bond motifs is 2. The first kappa shape index (κ1) is 31.0. The van der Waals surface area contributed by atoms with Gasteiger partial charge in [0, 0.05) is 23.7 Å². The number of hydrogen-bond acceptors (Lipinski definition) is 8. The third-order valence-corrected chi connectivity index (χ3v) is 16.5. The number of carbonyl (C=O) groups excluding carboxylic acids is 2. The van der Waals surface area contributed by atoms with E-state index in [1.807, 2.05) is 6.08 Å². The van der Waals surface area contributed by atoms with E-state index in [4.69, 9.17) is 9.47 Å². The molecule has 10 aliphatic rings. The van der Waals surface area contributed by atoms with Crippen molar-refractivity contribution in [2.75, 3.05) is 0 Å². The van der Waals surface area contributed by atoms with Crippen molar-refractivity contribution in [2.45, 2.75) is 101 Å². The molecule has 10 nitrogen and oxygen atoms in total. The molecule has 2 unspecified atom stereocenters. The molecule has 2 spiro atoms. The number of aliphatic hydroxyl groups is 2. The molecule has 48 heavy (non-hydrogen) atoms. The van der Waals surface area contributed by atoms with Gasteiger partial charge >= 0.3 is 23.9 Å². The summed E-state index contributed by atoms with van der Waals surface area (Å²) in [5.74, 6) is -3.90. The van der Waals surface area contributed by atoms with Crippen LogP contribution in [-0.4, -0.2) is 67.7 Å². The van der Waals surface area contributed by atoms with Crippen molar-refractivity contribution >= 4 is 23.9 Å². The summed E-state index contributed by atoms with van der Waals surface area (Å²) in [7, 11) is 0. The Morgan fingerprint density at radius 2 is 1.31 bits per heavy atom. The fraction of sp³-hybridized carbons (Fsp3) is 0.737. The van der Waals surface area contributed by atoms with Crippen LogP contribution in [0.3, 0.4) is 0 Å². The molecule has 8 bridgehead atoms. The first-order valence-corrected chi connectivity index (χ1v) is 17.9. The van der Waals surface area contributed by atoms with Gasteiger partial charge in [-0.05, 0) is 107 Å². The Balaban J connectivity index is 0.000000131. The Hall–Kier alpha value is -2.98. The van der Waals surface area contributed by atoms with Gasteiger partial charge in [-0.2, -0.15) is 0 Å². The third kappa shape index (κ3) is 3.08. The maximum Gasteiger partial charge on any atom is 0.316 e. The van der Waals surface area contributed by atoms with E-state index >= 15 is 0 Å². The molecule has 9 fully saturated rings. The second-order valence-corrected chi connectivity index (χ2v) is 17.8. The SMILES string of the molecule is C=C1C[C@]23CC1CC[C@H]2[C@@]12C=C[C@H](O)[C@@](C)(C(=O)O1)[C@H]2[C@@H]3C(=O)O.C=C1C[C@]23CC1CC[C@H]2[C@@]12CC[C@H](O)[C@@](C)(C(=O)O1)[C@H]2[C@@H]3C(=O)O. The number of aliphatic carboxylic acids is 2. The number of allylic oxidation sites excluding steroid dienone is 2. The highest BCUT2D eigenvalue weighted by Crippen LogP contribution is 2.79. The normalized spacial score (nSPS) is 57.2. The van der Waals surface area contributed by atoms with Gasteiger partial charge in [0.2, 0.25) is 0 Å². The van der Waals surface area contributed by atoms with Crippen molar-refractivity contribution < 1.29 is 49.1 Å². The lowest BCUT2D eigenvalue weighted by atomic mass is 9.59. The Kier molecular flexibility index (Phi) is 5.83. The lowest BCUT2D eigenvalue weighted by Gasteiger charge is -2.44. The van der Waals surface area contributed by atoms with E-state index in [2.05, 4.69) is 13.2 Å². The van der Waals surface area contributed by atoms with Crippen molar-refractivity contribution in [3.63, 3.8) is 0 Å². The average Bonchev–Trinajstić information content (AvgIpc) is 3.70. The Morgan fingerprint density at radius 1 is 0.771 bits per heavy atom. The van der Waals surface area contributed by atoms with E-state index in [0.717, 1.165) is 50.5 Å². The van der Waals surface area contributed by atoms with E-state index < -0.39 is 87.2 Å². The first-order chi connectivity index (χ1) is 22.5.